The molecular weight excluding hydrogens is 269 g/mol. The van der Waals surface area contributed by atoms with Gasteiger partial charge in [-0.15, -0.1) is 0 Å². The summed E-state index contributed by atoms with van der Waals surface area (Å²) in [6.07, 6.45) is -2.62. The molecule has 2 rings (SSSR count). The van der Waals surface area contributed by atoms with Crippen LogP contribution < -0.4 is 5.32 Å². The van der Waals surface area contributed by atoms with Crippen molar-refractivity contribution >= 4 is 16.7 Å². The van der Waals surface area contributed by atoms with Crippen LogP contribution in [0.15, 0.2) is 36.5 Å². The first-order chi connectivity index (χ1) is 9.46. The highest BCUT2D eigenvalue weighted by atomic mass is 19.4. The molecular formula is C14H13F3N2O. The Morgan fingerprint density at radius 3 is 2.70 bits per heavy atom. The lowest BCUT2D eigenvalue weighted by molar-refractivity contribution is -0.127. The van der Waals surface area contributed by atoms with Gasteiger partial charge in [0.05, 0.1) is 18.6 Å². The first-order valence-corrected chi connectivity index (χ1v) is 6.07. The number of pyridine rings is 1. The van der Waals surface area contributed by atoms with E-state index in [0.717, 1.165) is 16.5 Å². The standard InChI is InChI=1S/C14H13F3N2O/c15-14(16,17)9-18-8-11(20)7-10-5-6-19-13-4-2-1-3-12(10)13/h1-6,18H,7-9H2. The molecule has 2 aromatic rings. The Morgan fingerprint density at radius 1 is 1.20 bits per heavy atom. The summed E-state index contributed by atoms with van der Waals surface area (Å²) in [5.41, 5.74) is 1.54. The van der Waals surface area contributed by atoms with Gasteiger partial charge in [-0.05, 0) is 17.7 Å². The second-order valence-electron chi connectivity index (χ2n) is 4.42. The number of hydrogen-bond donors (Lipinski definition) is 1. The highest BCUT2D eigenvalue weighted by Crippen LogP contribution is 2.17. The number of rotatable bonds is 5. The molecule has 0 amide bonds. The van der Waals surface area contributed by atoms with Crippen molar-refractivity contribution in [1.82, 2.24) is 10.3 Å². The zero-order valence-electron chi connectivity index (χ0n) is 10.6. The van der Waals surface area contributed by atoms with E-state index < -0.39 is 12.7 Å². The molecule has 1 aromatic heterocycles. The zero-order valence-corrected chi connectivity index (χ0v) is 10.6. The fourth-order valence-corrected chi connectivity index (χ4v) is 1.93. The molecule has 0 aliphatic heterocycles. The molecule has 0 unspecified atom stereocenters. The maximum absolute atomic E-state index is 12.0. The number of carbonyl (C=O) groups excluding carboxylic acids is 1. The van der Waals surface area contributed by atoms with Crippen molar-refractivity contribution in [2.45, 2.75) is 12.6 Å². The van der Waals surface area contributed by atoms with Gasteiger partial charge in [-0.3, -0.25) is 9.78 Å². The zero-order chi connectivity index (χ0) is 14.6. The predicted octanol–water partition coefficient (Wildman–Crippen LogP) is 2.50. The topological polar surface area (TPSA) is 42.0 Å². The fraction of sp³-hybridized carbons (Fsp3) is 0.286. The number of hydrogen-bond acceptors (Lipinski definition) is 3. The smallest absolute Gasteiger partial charge is 0.302 e. The minimum atomic E-state index is -4.30. The second-order valence-corrected chi connectivity index (χ2v) is 4.42. The van der Waals surface area contributed by atoms with Gasteiger partial charge in [0.15, 0.2) is 5.78 Å². The van der Waals surface area contributed by atoms with E-state index in [9.17, 15) is 18.0 Å². The van der Waals surface area contributed by atoms with E-state index in [2.05, 4.69) is 10.3 Å². The normalized spacial score (nSPS) is 11.8. The SMILES string of the molecule is O=C(CNCC(F)(F)F)Cc1ccnc2ccccc12. The summed E-state index contributed by atoms with van der Waals surface area (Å²) >= 11 is 0. The number of para-hydroxylation sites is 1. The first kappa shape index (κ1) is 14.5. The lowest BCUT2D eigenvalue weighted by Gasteiger charge is -2.08. The summed E-state index contributed by atoms with van der Waals surface area (Å²) in [6.45, 7) is -1.45. The van der Waals surface area contributed by atoms with Gasteiger partial charge in [-0.2, -0.15) is 13.2 Å². The van der Waals surface area contributed by atoms with Gasteiger partial charge in [-0.1, -0.05) is 18.2 Å². The highest BCUT2D eigenvalue weighted by Gasteiger charge is 2.26. The van der Waals surface area contributed by atoms with Gasteiger partial charge in [0, 0.05) is 18.0 Å². The molecule has 106 valence electrons. The Labute approximate surface area is 113 Å². The van der Waals surface area contributed by atoms with E-state index in [1.165, 1.54) is 0 Å². The van der Waals surface area contributed by atoms with Crippen LogP contribution in [0.4, 0.5) is 13.2 Å². The van der Waals surface area contributed by atoms with Gasteiger partial charge < -0.3 is 5.32 Å². The lowest BCUT2D eigenvalue weighted by Crippen LogP contribution is -2.33. The Balaban J connectivity index is 2.00. The number of fused-ring (bicyclic) bond motifs is 1. The molecule has 0 bridgehead atoms. The molecule has 1 aromatic carbocycles. The summed E-state index contributed by atoms with van der Waals surface area (Å²) in [7, 11) is 0. The van der Waals surface area contributed by atoms with Crippen molar-refractivity contribution in [2.75, 3.05) is 13.1 Å². The predicted molar refractivity (Wildman–Crippen MR) is 69.4 cm³/mol. The van der Waals surface area contributed by atoms with Crippen LogP contribution in [0.25, 0.3) is 10.9 Å². The molecule has 0 saturated carbocycles. The molecule has 0 atom stereocenters. The van der Waals surface area contributed by atoms with Gasteiger partial charge >= 0.3 is 6.18 Å². The number of Topliss-reactive ketones (excluding diaryl/α,β-unsaturated/α-hetero) is 1. The lowest BCUT2D eigenvalue weighted by atomic mass is 10.0. The van der Waals surface area contributed by atoms with E-state index >= 15 is 0 Å². The van der Waals surface area contributed by atoms with Crippen molar-refractivity contribution in [1.29, 1.82) is 0 Å². The summed E-state index contributed by atoms with van der Waals surface area (Å²) in [5, 5.41) is 2.95. The summed E-state index contributed by atoms with van der Waals surface area (Å²) in [5.74, 6) is -0.286. The van der Waals surface area contributed by atoms with Crippen LogP contribution in [-0.2, 0) is 11.2 Å². The Bertz CT molecular complexity index is 605. The average molecular weight is 282 g/mol. The van der Waals surface area contributed by atoms with E-state index in [-0.39, 0.29) is 18.7 Å². The van der Waals surface area contributed by atoms with Crippen LogP contribution >= 0.6 is 0 Å². The molecule has 0 aliphatic carbocycles. The number of ketones is 1. The van der Waals surface area contributed by atoms with Gasteiger partial charge in [-0.25, -0.2) is 0 Å². The van der Waals surface area contributed by atoms with E-state index in [0.29, 0.717) is 0 Å². The number of nitrogens with one attached hydrogen (secondary N) is 1. The average Bonchev–Trinajstić information content (AvgIpc) is 2.37. The van der Waals surface area contributed by atoms with Crippen LogP contribution in [0, 0.1) is 0 Å². The van der Waals surface area contributed by atoms with Crippen molar-refractivity contribution in [3.05, 3.63) is 42.1 Å². The summed E-state index contributed by atoms with van der Waals surface area (Å²) in [6, 6.07) is 9.05. The monoisotopic (exact) mass is 282 g/mol. The maximum atomic E-state index is 12.0. The Morgan fingerprint density at radius 2 is 1.95 bits per heavy atom. The van der Waals surface area contributed by atoms with Gasteiger partial charge in [0.1, 0.15) is 0 Å². The molecule has 20 heavy (non-hydrogen) atoms. The minimum absolute atomic E-state index is 0.0912. The molecule has 0 fully saturated rings. The van der Waals surface area contributed by atoms with Crippen LogP contribution in [0.2, 0.25) is 0 Å². The van der Waals surface area contributed by atoms with Crippen LogP contribution in [-0.4, -0.2) is 30.0 Å². The van der Waals surface area contributed by atoms with Gasteiger partial charge in [0.25, 0.3) is 0 Å². The molecule has 6 heteroatoms. The highest BCUT2D eigenvalue weighted by molar-refractivity contribution is 5.89. The third-order valence-electron chi connectivity index (χ3n) is 2.77. The third kappa shape index (κ3) is 4.03. The second kappa shape index (κ2) is 6.00. The molecule has 0 spiro atoms. The van der Waals surface area contributed by atoms with Crippen LogP contribution in [0.5, 0.6) is 0 Å². The van der Waals surface area contributed by atoms with E-state index in [4.69, 9.17) is 0 Å². The van der Waals surface area contributed by atoms with Crippen molar-refractivity contribution in [3.63, 3.8) is 0 Å². The largest absolute Gasteiger partial charge is 0.401 e. The first-order valence-electron chi connectivity index (χ1n) is 6.07. The van der Waals surface area contributed by atoms with Crippen molar-refractivity contribution < 1.29 is 18.0 Å². The number of aromatic nitrogens is 1. The van der Waals surface area contributed by atoms with Crippen LogP contribution in [0.1, 0.15) is 5.56 Å². The van der Waals surface area contributed by atoms with E-state index in [1.807, 2.05) is 24.3 Å². The minimum Gasteiger partial charge on any atom is -0.302 e. The quantitative estimate of drug-likeness (QED) is 0.916. The van der Waals surface area contributed by atoms with Crippen molar-refractivity contribution in [3.8, 4) is 0 Å². The van der Waals surface area contributed by atoms with Crippen molar-refractivity contribution in [2.24, 2.45) is 0 Å². The Kier molecular flexibility index (Phi) is 4.34. The fourth-order valence-electron chi connectivity index (χ4n) is 1.93. The number of halogens is 3. The molecule has 1 N–H and O–H groups in total. The summed E-state index contributed by atoms with van der Waals surface area (Å²) < 4.78 is 35.9. The molecule has 0 aliphatic rings. The number of benzene rings is 1. The molecule has 1 heterocycles. The number of alkyl halides is 3. The van der Waals surface area contributed by atoms with E-state index in [1.54, 1.807) is 12.3 Å². The molecule has 0 saturated heterocycles. The molecule has 0 radical (unpaired) electrons. The number of carbonyl (C=O) groups is 1. The van der Waals surface area contributed by atoms with Gasteiger partial charge in [0.2, 0.25) is 0 Å². The maximum Gasteiger partial charge on any atom is 0.401 e. The molecule has 3 nitrogen and oxygen atoms in total. The van der Waals surface area contributed by atoms with Crippen LogP contribution in [0.3, 0.4) is 0 Å². The summed E-state index contributed by atoms with van der Waals surface area (Å²) in [4.78, 5) is 15.9. The third-order valence-corrected chi connectivity index (χ3v) is 2.77. The number of nitrogens with zero attached hydrogens (tertiary/aromatic N) is 1. The Hall–Kier alpha value is -1.95.